The Hall–Kier alpha value is -1.56. The average molecular weight is 253 g/mol. The number of carbonyl (C=O) groups is 1. The molecule has 2 unspecified atom stereocenters. The number of carbonyl (C=O) groups excluding carboxylic acids is 1. The maximum Gasteiger partial charge on any atom is 0.315 e. The maximum atomic E-state index is 11.8. The van der Waals surface area contributed by atoms with Gasteiger partial charge in [0.15, 0.2) is 0 Å². The van der Waals surface area contributed by atoms with Gasteiger partial charge in [-0.3, -0.25) is 0 Å². The average Bonchev–Trinajstić information content (AvgIpc) is 2.89. The van der Waals surface area contributed by atoms with E-state index in [0.717, 1.165) is 23.4 Å². The standard InChI is InChI=1S/C12H19N3O3/c1-7(11-8(2)15-18-9(11)3)13-12(16)14-10-4-5-17-6-10/h7,10H,4-6H2,1-3H3,(H2,13,14,16). The van der Waals surface area contributed by atoms with Gasteiger partial charge in [-0.15, -0.1) is 0 Å². The molecule has 18 heavy (non-hydrogen) atoms. The van der Waals surface area contributed by atoms with Crippen molar-refractivity contribution in [2.45, 2.75) is 39.3 Å². The van der Waals surface area contributed by atoms with E-state index in [4.69, 9.17) is 9.26 Å². The van der Waals surface area contributed by atoms with Crippen LogP contribution in [0.3, 0.4) is 0 Å². The van der Waals surface area contributed by atoms with Gasteiger partial charge in [-0.05, 0) is 27.2 Å². The molecule has 2 N–H and O–H groups in total. The van der Waals surface area contributed by atoms with Gasteiger partial charge in [0.05, 0.1) is 24.4 Å². The van der Waals surface area contributed by atoms with Crippen LogP contribution in [0.15, 0.2) is 4.52 Å². The number of rotatable bonds is 3. The predicted molar refractivity (Wildman–Crippen MR) is 65.3 cm³/mol. The largest absolute Gasteiger partial charge is 0.379 e. The van der Waals surface area contributed by atoms with Crippen molar-refractivity contribution >= 4 is 6.03 Å². The van der Waals surface area contributed by atoms with Crippen molar-refractivity contribution in [1.82, 2.24) is 15.8 Å². The fourth-order valence-electron chi connectivity index (χ4n) is 2.25. The van der Waals surface area contributed by atoms with Crippen LogP contribution in [0.5, 0.6) is 0 Å². The molecular formula is C12H19N3O3. The highest BCUT2D eigenvalue weighted by molar-refractivity contribution is 5.74. The first-order chi connectivity index (χ1) is 8.58. The summed E-state index contributed by atoms with van der Waals surface area (Å²) in [5.74, 6) is 0.740. The predicted octanol–water partition coefficient (Wildman–Crippen LogP) is 1.44. The molecule has 0 bridgehead atoms. The summed E-state index contributed by atoms with van der Waals surface area (Å²) in [6.45, 7) is 6.93. The zero-order chi connectivity index (χ0) is 13.1. The van der Waals surface area contributed by atoms with E-state index in [2.05, 4.69) is 15.8 Å². The summed E-state index contributed by atoms with van der Waals surface area (Å²) in [4.78, 5) is 11.8. The van der Waals surface area contributed by atoms with E-state index < -0.39 is 0 Å². The topological polar surface area (TPSA) is 76.4 Å². The molecule has 1 saturated heterocycles. The van der Waals surface area contributed by atoms with Crippen LogP contribution in [-0.4, -0.2) is 30.4 Å². The van der Waals surface area contributed by atoms with Crippen LogP contribution in [0, 0.1) is 13.8 Å². The molecule has 0 spiro atoms. The molecule has 0 aliphatic carbocycles. The Morgan fingerprint density at radius 2 is 2.28 bits per heavy atom. The fourth-order valence-corrected chi connectivity index (χ4v) is 2.25. The van der Waals surface area contributed by atoms with E-state index in [1.54, 1.807) is 0 Å². The lowest BCUT2D eigenvalue weighted by molar-refractivity contribution is 0.188. The van der Waals surface area contributed by atoms with Crippen LogP contribution in [0.4, 0.5) is 4.79 Å². The Labute approximate surface area is 106 Å². The number of hydrogen-bond donors (Lipinski definition) is 2. The lowest BCUT2D eigenvalue weighted by Gasteiger charge is -2.16. The molecule has 0 radical (unpaired) electrons. The van der Waals surface area contributed by atoms with Crippen LogP contribution in [0.25, 0.3) is 0 Å². The van der Waals surface area contributed by atoms with Gasteiger partial charge in [0.25, 0.3) is 0 Å². The van der Waals surface area contributed by atoms with Gasteiger partial charge in [-0.1, -0.05) is 5.16 Å². The van der Waals surface area contributed by atoms with Crippen molar-refractivity contribution in [3.63, 3.8) is 0 Å². The van der Waals surface area contributed by atoms with Crippen LogP contribution in [0.2, 0.25) is 0 Å². The molecule has 0 saturated carbocycles. The van der Waals surface area contributed by atoms with Gasteiger partial charge >= 0.3 is 6.03 Å². The Morgan fingerprint density at radius 1 is 1.50 bits per heavy atom. The summed E-state index contributed by atoms with van der Waals surface area (Å²) in [6, 6.07) is -0.196. The summed E-state index contributed by atoms with van der Waals surface area (Å²) in [5, 5.41) is 9.65. The molecule has 100 valence electrons. The Morgan fingerprint density at radius 3 is 2.83 bits per heavy atom. The van der Waals surface area contributed by atoms with Crippen molar-refractivity contribution in [2.75, 3.05) is 13.2 Å². The Kier molecular flexibility index (Phi) is 3.86. The van der Waals surface area contributed by atoms with Crippen LogP contribution >= 0.6 is 0 Å². The van der Waals surface area contributed by atoms with Crippen molar-refractivity contribution in [2.24, 2.45) is 0 Å². The maximum absolute atomic E-state index is 11.8. The lowest BCUT2D eigenvalue weighted by atomic mass is 10.1. The monoisotopic (exact) mass is 253 g/mol. The van der Waals surface area contributed by atoms with Crippen molar-refractivity contribution < 1.29 is 14.1 Å². The first-order valence-corrected chi connectivity index (χ1v) is 6.15. The number of amides is 2. The summed E-state index contributed by atoms with van der Waals surface area (Å²) in [6.07, 6.45) is 0.868. The number of nitrogens with one attached hydrogen (secondary N) is 2. The Bertz CT molecular complexity index is 405. The molecule has 0 aromatic carbocycles. The van der Waals surface area contributed by atoms with E-state index in [0.29, 0.717) is 13.2 Å². The molecule has 6 heteroatoms. The summed E-state index contributed by atoms with van der Waals surface area (Å²) >= 11 is 0. The SMILES string of the molecule is Cc1noc(C)c1C(C)NC(=O)NC1CCOC1. The zero-order valence-electron chi connectivity index (χ0n) is 10.9. The molecule has 1 aliphatic heterocycles. The van der Waals surface area contributed by atoms with E-state index in [-0.39, 0.29) is 18.1 Å². The minimum Gasteiger partial charge on any atom is -0.379 e. The molecule has 1 fully saturated rings. The quantitative estimate of drug-likeness (QED) is 0.854. The highest BCUT2D eigenvalue weighted by Gasteiger charge is 2.21. The normalized spacial score (nSPS) is 20.7. The van der Waals surface area contributed by atoms with Gasteiger partial charge in [0.2, 0.25) is 0 Å². The minimum atomic E-state index is -0.182. The highest BCUT2D eigenvalue weighted by atomic mass is 16.5. The summed E-state index contributed by atoms with van der Waals surface area (Å²) in [7, 11) is 0. The number of aryl methyl sites for hydroxylation is 2. The third kappa shape index (κ3) is 2.81. The van der Waals surface area contributed by atoms with Crippen LogP contribution in [-0.2, 0) is 4.74 Å². The van der Waals surface area contributed by atoms with E-state index in [1.165, 1.54) is 0 Å². The number of nitrogens with zero attached hydrogens (tertiary/aromatic N) is 1. The molecule has 1 aliphatic rings. The fraction of sp³-hybridized carbons (Fsp3) is 0.667. The molecule has 6 nitrogen and oxygen atoms in total. The molecule has 1 aromatic heterocycles. The summed E-state index contributed by atoms with van der Waals surface area (Å²) in [5.41, 5.74) is 1.75. The molecule has 2 atom stereocenters. The number of ether oxygens (including phenoxy) is 1. The number of urea groups is 1. The first kappa shape index (κ1) is 12.9. The lowest BCUT2D eigenvalue weighted by Crippen LogP contribution is -2.43. The van der Waals surface area contributed by atoms with Gasteiger partial charge in [-0.25, -0.2) is 4.79 Å². The molecular weight excluding hydrogens is 234 g/mol. The number of aromatic nitrogens is 1. The van der Waals surface area contributed by atoms with Crippen molar-refractivity contribution in [3.8, 4) is 0 Å². The Balaban J connectivity index is 1.90. The first-order valence-electron chi connectivity index (χ1n) is 6.15. The van der Waals surface area contributed by atoms with E-state index in [9.17, 15) is 4.79 Å². The smallest absolute Gasteiger partial charge is 0.315 e. The van der Waals surface area contributed by atoms with Gasteiger partial charge in [-0.2, -0.15) is 0 Å². The molecule has 1 aromatic rings. The molecule has 2 amide bonds. The zero-order valence-corrected chi connectivity index (χ0v) is 10.9. The van der Waals surface area contributed by atoms with Crippen LogP contribution < -0.4 is 10.6 Å². The van der Waals surface area contributed by atoms with Crippen molar-refractivity contribution in [1.29, 1.82) is 0 Å². The van der Waals surface area contributed by atoms with Crippen molar-refractivity contribution in [3.05, 3.63) is 17.0 Å². The van der Waals surface area contributed by atoms with Gasteiger partial charge < -0.3 is 19.9 Å². The minimum absolute atomic E-state index is 0.113. The molecule has 2 heterocycles. The second-order valence-electron chi connectivity index (χ2n) is 4.64. The second-order valence-corrected chi connectivity index (χ2v) is 4.64. The third-order valence-electron chi connectivity index (χ3n) is 3.13. The number of hydrogen-bond acceptors (Lipinski definition) is 4. The van der Waals surface area contributed by atoms with Gasteiger partial charge in [0.1, 0.15) is 5.76 Å². The van der Waals surface area contributed by atoms with Gasteiger partial charge in [0, 0.05) is 12.2 Å². The van der Waals surface area contributed by atoms with E-state index >= 15 is 0 Å². The third-order valence-corrected chi connectivity index (χ3v) is 3.13. The van der Waals surface area contributed by atoms with Crippen LogP contribution in [0.1, 0.15) is 36.4 Å². The highest BCUT2D eigenvalue weighted by Crippen LogP contribution is 2.20. The molecule has 2 rings (SSSR count). The second kappa shape index (κ2) is 5.39. The van der Waals surface area contributed by atoms with E-state index in [1.807, 2.05) is 20.8 Å². The summed E-state index contributed by atoms with van der Waals surface area (Å²) < 4.78 is 10.3.